The van der Waals surface area contributed by atoms with E-state index in [1.165, 1.54) is 24.0 Å². The summed E-state index contributed by atoms with van der Waals surface area (Å²) in [4.78, 5) is 28.2. The molecule has 0 radical (unpaired) electrons. The lowest BCUT2D eigenvalue weighted by Crippen LogP contribution is -2.50. The Balaban J connectivity index is 0.000000405. The maximum atomic E-state index is 12.6. The van der Waals surface area contributed by atoms with E-state index in [1.54, 1.807) is 0 Å². The molecule has 2 aromatic rings. The van der Waals surface area contributed by atoms with Crippen molar-refractivity contribution >= 4 is 11.9 Å². The fraction of sp³-hybridized carbons (Fsp3) is 0.519. The smallest absolute Gasteiger partial charge is 0.487 e. The van der Waals surface area contributed by atoms with Gasteiger partial charge >= 0.3 is 12.1 Å². The number of halogens is 3. The zero-order chi connectivity index (χ0) is 26.5. The Kier molecular flexibility index (Phi) is 8.36. The molecular weight excluding hydrogens is 487 g/mol. The Hall–Kier alpha value is -3.14. The van der Waals surface area contributed by atoms with E-state index < -0.39 is 12.1 Å². The Morgan fingerprint density at radius 2 is 1.84 bits per heavy atom. The van der Waals surface area contributed by atoms with Crippen LogP contribution in [-0.2, 0) is 16.1 Å². The van der Waals surface area contributed by atoms with Crippen LogP contribution in [0.2, 0.25) is 0 Å². The summed E-state index contributed by atoms with van der Waals surface area (Å²) in [6.45, 7) is 3.81. The normalized spacial score (nSPS) is 20.7. The number of carbonyl (C=O) groups excluding carboxylic acids is 1. The second-order valence-electron chi connectivity index (χ2n) is 10.1. The second kappa shape index (κ2) is 11.5. The van der Waals surface area contributed by atoms with Crippen LogP contribution >= 0.6 is 0 Å². The molecule has 2 fully saturated rings. The third-order valence-electron chi connectivity index (χ3n) is 7.16. The number of para-hydroxylation sites is 1. The van der Waals surface area contributed by atoms with Crippen LogP contribution in [0.1, 0.15) is 55.6 Å². The number of benzene rings is 1. The number of aliphatic carboxylic acids is 1. The van der Waals surface area contributed by atoms with Gasteiger partial charge in [-0.25, -0.2) is 4.79 Å². The molecule has 1 saturated heterocycles. The summed E-state index contributed by atoms with van der Waals surface area (Å²) in [6.07, 6.45) is 4.72. The number of carboxylic acids is 1. The maximum absolute atomic E-state index is 12.6. The number of alkyl halides is 3. The predicted octanol–water partition coefficient (Wildman–Crippen LogP) is 4.53. The third kappa shape index (κ3) is 7.67. The lowest BCUT2D eigenvalue weighted by Gasteiger charge is -2.47. The van der Waals surface area contributed by atoms with Gasteiger partial charge in [-0.1, -0.05) is 24.3 Å². The van der Waals surface area contributed by atoms with Gasteiger partial charge in [0.05, 0.1) is 0 Å². The number of pyridine rings is 1. The van der Waals surface area contributed by atoms with Crippen molar-refractivity contribution in [1.29, 1.82) is 0 Å². The first-order valence-corrected chi connectivity index (χ1v) is 12.6. The highest BCUT2D eigenvalue weighted by atomic mass is 19.4. The molecule has 1 aliphatic carbocycles. The molecule has 1 atom stereocenters. The van der Waals surface area contributed by atoms with Crippen molar-refractivity contribution in [2.45, 2.75) is 62.8 Å². The number of hydrogen-bond acceptors (Lipinski definition) is 5. The highest BCUT2D eigenvalue weighted by Gasteiger charge is 2.43. The molecule has 1 unspecified atom stereocenters. The summed E-state index contributed by atoms with van der Waals surface area (Å²) >= 11 is 0. The minimum Gasteiger partial charge on any atom is -0.487 e. The van der Waals surface area contributed by atoms with Crippen molar-refractivity contribution in [3.8, 4) is 5.75 Å². The van der Waals surface area contributed by atoms with Crippen LogP contribution in [0.5, 0.6) is 5.75 Å². The number of ether oxygens (including phenoxy) is 1. The number of likely N-dealkylation sites (tertiary alicyclic amines) is 1. The topological polar surface area (TPSA) is 91.8 Å². The number of nitrogens with zero attached hydrogens (tertiary/aromatic N) is 2. The van der Waals surface area contributed by atoms with Gasteiger partial charge in [-0.3, -0.25) is 14.7 Å². The van der Waals surface area contributed by atoms with Gasteiger partial charge in [0.1, 0.15) is 11.4 Å². The number of hydrogen-bond donors (Lipinski definition) is 2. The standard InChI is InChI=1S/C25H31N3O2.C2HF3O2/c29-24(27-17-19-7-8-19)14-21-15-25(30-23-6-2-1-5-22(21)23)9-12-28(13-10-25)18-20-4-3-11-26-16-20;3-2(4,5)1(6)7/h1-6,11,16,19,21H,7-10,12-15,17-18H2,(H,27,29);(H,6,7). The van der Waals surface area contributed by atoms with Crippen LogP contribution in [0.25, 0.3) is 0 Å². The van der Waals surface area contributed by atoms with Gasteiger partial charge in [-0.15, -0.1) is 0 Å². The van der Waals surface area contributed by atoms with Crippen molar-refractivity contribution < 1.29 is 32.6 Å². The Labute approximate surface area is 214 Å². The van der Waals surface area contributed by atoms with E-state index in [2.05, 4.69) is 39.5 Å². The first-order chi connectivity index (χ1) is 17.6. The van der Waals surface area contributed by atoms with E-state index in [1.807, 2.05) is 24.5 Å². The maximum Gasteiger partial charge on any atom is 0.490 e. The molecule has 1 aromatic carbocycles. The van der Waals surface area contributed by atoms with Crippen LogP contribution < -0.4 is 10.1 Å². The molecule has 1 aromatic heterocycles. The number of piperidine rings is 1. The summed E-state index contributed by atoms with van der Waals surface area (Å²) in [5, 5.41) is 10.3. The zero-order valence-electron chi connectivity index (χ0n) is 20.5. The van der Waals surface area contributed by atoms with Crippen LogP contribution in [0.15, 0.2) is 48.8 Å². The van der Waals surface area contributed by atoms with Crippen LogP contribution in [0.3, 0.4) is 0 Å². The average Bonchev–Trinajstić information content (AvgIpc) is 3.70. The zero-order valence-corrected chi connectivity index (χ0v) is 20.5. The van der Waals surface area contributed by atoms with Crippen molar-refractivity contribution in [3.05, 3.63) is 59.9 Å². The molecule has 1 spiro atoms. The lowest BCUT2D eigenvalue weighted by molar-refractivity contribution is -0.192. The minimum absolute atomic E-state index is 0.152. The molecule has 2 aliphatic heterocycles. The molecule has 37 heavy (non-hydrogen) atoms. The highest BCUT2D eigenvalue weighted by Crippen LogP contribution is 2.46. The Bertz CT molecular complexity index is 1070. The van der Waals surface area contributed by atoms with E-state index in [4.69, 9.17) is 14.6 Å². The number of amides is 1. The summed E-state index contributed by atoms with van der Waals surface area (Å²) in [6, 6.07) is 12.5. The van der Waals surface area contributed by atoms with Gasteiger partial charge in [0.15, 0.2) is 0 Å². The highest BCUT2D eigenvalue weighted by molar-refractivity contribution is 5.77. The molecule has 7 nitrogen and oxygen atoms in total. The molecule has 200 valence electrons. The fourth-order valence-electron chi connectivity index (χ4n) is 4.98. The first-order valence-electron chi connectivity index (χ1n) is 12.6. The molecule has 10 heteroatoms. The number of fused-ring (bicyclic) bond motifs is 1. The molecular formula is C27H32F3N3O4. The SMILES string of the molecule is O=C(CC1CC2(CCN(Cc3cccnc3)CC2)Oc2ccccc21)NCC1CC1.O=C(O)C(F)(F)F. The monoisotopic (exact) mass is 519 g/mol. The Morgan fingerprint density at radius 1 is 1.14 bits per heavy atom. The largest absolute Gasteiger partial charge is 0.490 e. The van der Waals surface area contributed by atoms with Gasteiger partial charge in [-0.05, 0) is 61.3 Å². The van der Waals surface area contributed by atoms with Gasteiger partial charge in [-0.2, -0.15) is 13.2 Å². The number of rotatable bonds is 6. The summed E-state index contributed by atoms with van der Waals surface area (Å²) in [7, 11) is 0. The molecule has 3 heterocycles. The molecule has 1 saturated carbocycles. The molecule has 5 rings (SSSR count). The van der Waals surface area contributed by atoms with Crippen molar-refractivity contribution in [2.24, 2.45) is 5.92 Å². The van der Waals surface area contributed by atoms with E-state index in [9.17, 15) is 18.0 Å². The summed E-state index contributed by atoms with van der Waals surface area (Å²) < 4.78 is 38.3. The van der Waals surface area contributed by atoms with Crippen LogP contribution in [0.4, 0.5) is 13.2 Å². The average molecular weight is 520 g/mol. The van der Waals surface area contributed by atoms with E-state index >= 15 is 0 Å². The van der Waals surface area contributed by atoms with Crippen LogP contribution in [-0.4, -0.2) is 58.3 Å². The van der Waals surface area contributed by atoms with Gasteiger partial charge in [0.25, 0.3) is 0 Å². The van der Waals surface area contributed by atoms with E-state index in [0.717, 1.165) is 51.2 Å². The number of carbonyl (C=O) groups is 2. The number of carboxylic acid groups (broad SMARTS) is 1. The van der Waals surface area contributed by atoms with Gasteiger partial charge < -0.3 is 15.2 Å². The van der Waals surface area contributed by atoms with Gasteiger partial charge in [0, 0.05) is 50.9 Å². The second-order valence-corrected chi connectivity index (χ2v) is 10.1. The van der Waals surface area contributed by atoms with Crippen molar-refractivity contribution in [2.75, 3.05) is 19.6 Å². The quantitative estimate of drug-likeness (QED) is 0.583. The Morgan fingerprint density at radius 3 is 2.46 bits per heavy atom. The van der Waals surface area contributed by atoms with E-state index in [0.29, 0.717) is 12.3 Å². The predicted molar refractivity (Wildman–Crippen MR) is 130 cm³/mol. The number of nitrogens with one attached hydrogen (secondary N) is 1. The third-order valence-corrected chi connectivity index (χ3v) is 7.16. The number of aromatic nitrogens is 1. The molecule has 2 N–H and O–H groups in total. The summed E-state index contributed by atoms with van der Waals surface area (Å²) in [5.41, 5.74) is 2.30. The summed E-state index contributed by atoms with van der Waals surface area (Å²) in [5.74, 6) is -0.643. The van der Waals surface area contributed by atoms with Crippen molar-refractivity contribution in [1.82, 2.24) is 15.2 Å². The fourth-order valence-corrected chi connectivity index (χ4v) is 4.98. The van der Waals surface area contributed by atoms with Crippen LogP contribution in [0, 0.1) is 5.92 Å². The first kappa shape index (κ1) is 26.9. The van der Waals surface area contributed by atoms with Gasteiger partial charge in [0.2, 0.25) is 5.91 Å². The lowest BCUT2D eigenvalue weighted by atomic mass is 9.76. The molecule has 0 bridgehead atoms. The van der Waals surface area contributed by atoms with Crippen molar-refractivity contribution in [3.63, 3.8) is 0 Å². The minimum atomic E-state index is -5.08. The molecule has 3 aliphatic rings. The molecule has 1 amide bonds. The van der Waals surface area contributed by atoms with E-state index in [-0.39, 0.29) is 17.4 Å².